The smallest absolute Gasteiger partial charge is 0.276 e. The Bertz CT molecular complexity index is 1150. The number of carbonyl (C=O) groups excluding carboxylic acids is 2. The Kier molecular flexibility index (Phi) is 5.58. The fraction of sp³-hybridized carbons (Fsp3) is 0.0455. The first-order valence-corrected chi connectivity index (χ1v) is 10.00. The summed E-state index contributed by atoms with van der Waals surface area (Å²) in [6.45, 7) is 0. The zero-order valence-electron chi connectivity index (χ0n) is 16.0. The number of hydrogen-bond donors (Lipinski definition) is 2. The van der Waals surface area contributed by atoms with Gasteiger partial charge in [-0.25, -0.2) is 0 Å². The van der Waals surface area contributed by atoms with Crippen molar-refractivity contribution in [2.75, 3.05) is 10.6 Å². The number of amides is 2. The summed E-state index contributed by atoms with van der Waals surface area (Å²) >= 11 is 1.34. The molecule has 0 atom stereocenters. The first-order valence-electron chi connectivity index (χ1n) is 9.12. The number of thiophene rings is 1. The molecule has 0 bridgehead atoms. The number of carbonyl (C=O) groups is 2. The predicted molar refractivity (Wildman–Crippen MR) is 116 cm³/mol. The Morgan fingerprint density at radius 1 is 0.900 bits per heavy atom. The Morgan fingerprint density at radius 3 is 2.33 bits per heavy atom. The highest BCUT2D eigenvalue weighted by atomic mass is 32.1. The molecule has 7 nitrogen and oxygen atoms in total. The van der Waals surface area contributed by atoms with Crippen molar-refractivity contribution >= 4 is 34.7 Å². The van der Waals surface area contributed by atoms with Crippen molar-refractivity contribution in [2.24, 2.45) is 7.05 Å². The van der Waals surface area contributed by atoms with Crippen molar-refractivity contribution in [1.82, 2.24) is 9.78 Å². The molecule has 0 unspecified atom stereocenters. The third-order valence-electron chi connectivity index (χ3n) is 4.19. The van der Waals surface area contributed by atoms with Crippen LogP contribution in [0, 0.1) is 0 Å². The lowest BCUT2D eigenvalue weighted by Crippen LogP contribution is -2.13. The molecule has 150 valence electrons. The molecule has 2 aromatic carbocycles. The maximum atomic E-state index is 12.5. The maximum absolute atomic E-state index is 12.5. The molecule has 2 N–H and O–H groups in total. The van der Waals surface area contributed by atoms with Crippen LogP contribution in [0.15, 0.2) is 78.2 Å². The van der Waals surface area contributed by atoms with Crippen molar-refractivity contribution in [3.63, 3.8) is 0 Å². The number of hydrogen-bond acceptors (Lipinski definition) is 5. The number of aromatic nitrogens is 2. The van der Waals surface area contributed by atoms with Gasteiger partial charge in [0.15, 0.2) is 5.69 Å². The molecule has 0 saturated carbocycles. The molecule has 30 heavy (non-hydrogen) atoms. The zero-order valence-corrected chi connectivity index (χ0v) is 16.8. The number of nitrogens with zero attached hydrogens (tertiary/aromatic N) is 2. The molecule has 0 fully saturated rings. The number of ether oxygens (including phenoxy) is 1. The van der Waals surface area contributed by atoms with Gasteiger partial charge in [-0.15, -0.1) is 11.3 Å². The van der Waals surface area contributed by atoms with Gasteiger partial charge in [0, 0.05) is 18.8 Å². The monoisotopic (exact) mass is 418 g/mol. The van der Waals surface area contributed by atoms with Crippen LogP contribution >= 0.6 is 11.3 Å². The molecule has 0 spiro atoms. The van der Waals surface area contributed by atoms with E-state index < -0.39 is 0 Å². The summed E-state index contributed by atoms with van der Waals surface area (Å²) in [5, 5.41) is 11.6. The Balaban J connectivity index is 1.39. The predicted octanol–water partition coefficient (Wildman–Crippen LogP) is 4.78. The molecule has 4 aromatic rings. The van der Waals surface area contributed by atoms with E-state index in [1.807, 2.05) is 35.7 Å². The van der Waals surface area contributed by atoms with Gasteiger partial charge in [0.1, 0.15) is 17.3 Å². The molecule has 0 aliphatic carbocycles. The first kappa shape index (κ1) is 19.4. The van der Waals surface area contributed by atoms with Gasteiger partial charge in [0.25, 0.3) is 11.8 Å². The van der Waals surface area contributed by atoms with E-state index in [2.05, 4.69) is 15.7 Å². The van der Waals surface area contributed by atoms with Crippen LogP contribution in [0.3, 0.4) is 0 Å². The van der Waals surface area contributed by atoms with E-state index in [9.17, 15) is 9.59 Å². The van der Waals surface area contributed by atoms with Crippen LogP contribution in [0.2, 0.25) is 0 Å². The fourth-order valence-electron chi connectivity index (χ4n) is 2.71. The highest BCUT2D eigenvalue weighted by molar-refractivity contribution is 7.12. The van der Waals surface area contributed by atoms with Crippen molar-refractivity contribution < 1.29 is 14.3 Å². The number of nitrogens with one attached hydrogen (secondary N) is 2. The maximum Gasteiger partial charge on any atom is 0.276 e. The highest BCUT2D eigenvalue weighted by Gasteiger charge is 2.16. The van der Waals surface area contributed by atoms with Gasteiger partial charge < -0.3 is 15.4 Å². The summed E-state index contributed by atoms with van der Waals surface area (Å²) in [7, 11) is 1.66. The minimum absolute atomic E-state index is 0.198. The molecular formula is C22H18N4O3S. The highest BCUT2D eigenvalue weighted by Crippen LogP contribution is 2.23. The lowest BCUT2D eigenvalue weighted by Gasteiger charge is -2.07. The van der Waals surface area contributed by atoms with Gasteiger partial charge in [0.05, 0.1) is 4.88 Å². The van der Waals surface area contributed by atoms with E-state index in [0.29, 0.717) is 22.1 Å². The second-order valence-electron chi connectivity index (χ2n) is 6.36. The van der Waals surface area contributed by atoms with Gasteiger partial charge in [-0.3, -0.25) is 14.3 Å². The van der Waals surface area contributed by atoms with Gasteiger partial charge in [0.2, 0.25) is 0 Å². The summed E-state index contributed by atoms with van der Waals surface area (Å²) in [6, 6.07) is 21.6. The quantitative estimate of drug-likeness (QED) is 0.472. The van der Waals surface area contributed by atoms with E-state index in [-0.39, 0.29) is 17.5 Å². The Morgan fingerprint density at radius 2 is 1.63 bits per heavy atom. The number of anilines is 2. The molecule has 0 radical (unpaired) electrons. The van der Waals surface area contributed by atoms with Crippen LogP contribution in [0.5, 0.6) is 11.5 Å². The van der Waals surface area contributed by atoms with Gasteiger partial charge in [-0.2, -0.15) is 5.10 Å². The van der Waals surface area contributed by atoms with Crippen molar-refractivity contribution in [3.05, 3.63) is 88.7 Å². The average molecular weight is 418 g/mol. The van der Waals surface area contributed by atoms with Crippen LogP contribution in [0.1, 0.15) is 20.2 Å². The summed E-state index contributed by atoms with van der Waals surface area (Å²) in [5.41, 5.74) is 0.804. The van der Waals surface area contributed by atoms with Crippen molar-refractivity contribution in [1.29, 1.82) is 0 Å². The molecule has 4 rings (SSSR count). The van der Waals surface area contributed by atoms with Gasteiger partial charge >= 0.3 is 0 Å². The van der Waals surface area contributed by atoms with E-state index in [0.717, 1.165) is 5.75 Å². The molecule has 0 saturated heterocycles. The summed E-state index contributed by atoms with van der Waals surface area (Å²) in [6.07, 6.45) is 0. The first-order chi connectivity index (χ1) is 14.6. The minimum Gasteiger partial charge on any atom is -0.457 e. The average Bonchev–Trinajstić information content (AvgIpc) is 3.41. The van der Waals surface area contributed by atoms with Gasteiger partial charge in [-0.05, 0) is 47.8 Å². The molecule has 0 aliphatic heterocycles. The van der Waals surface area contributed by atoms with Gasteiger partial charge in [-0.1, -0.05) is 24.3 Å². The molecule has 2 heterocycles. The Hall–Kier alpha value is -3.91. The summed E-state index contributed by atoms with van der Waals surface area (Å²) in [4.78, 5) is 25.3. The topological polar surface area (TPSA) is 85.2 Å². The normalized spacial score (nSPS) is 10.4. The SMILES string of the molecule is Cn1nc(C(=O)Nc2ccc(Oc3ccccc3)cc2)cc1NC(=O)c1cccs1. The van der Waals surface area contributed by atoms with Crippen LogP contribution in [-0.2, 0) is 7.05 Å². The largest absolute Gasteiger partial charge is 0.457 e. The minimum atomic E-state index is -0.376. The number of para-hydroxylation sites is 1. The van der Waals surface area contributed by atoms with Crippen LogP contribution < -0.4 is 15.4 Å². The number of aryl methyl sites for hydroxylation is 1. The van der Waals surface area contributed by atoms with E-state index in [1.165, 1.54) is 22.1 Å². The second kappa shape index (κ2) is 8.62. The van der Waals surface area contributed by atoms with Crippen molar-refractivity contribution in [2.45, 2.75) is 0 Å². The zero-order chi connectivity index (χ0) is 20.9. The number of benzene rings is 2. The van der Waals surface area contributed by atoms with E-state index in [1.54, 1.807) is 43.4 Å². The third-order valence-corrected chi connectivity index (χ3v) is 5.06. The fourth-order valence-corrected chi connectivity index (χ4v) is 3.33. The lowest BCUT2D eigenvalue weighted by molar-refractivity contribution is 0.101. The summed E-state index contributed by atoms with van der Waals surface area (Å²) < 4.78 is 7.20. The van der Waals surface area contributed by atoms with Crippen LogP contribution in [-0.4, -0.2) is 21.6 Å². The molecule has 8 heteroatoms. The van der Waals surface area contributed by atoms with Crippen LogP contribution in [0.25, 0.3) is 0 Å². The molecule has 0 aliphatic rings. The molecule has 2 amide bonds. The molecule has 2 aromatic heterocycles. The van der Waals surface area contributed by atoms with Crippen LogP contribution in [0.4, 0.5) is 11.5 Å². The standard InChI is InChI=1S/C22H18N4O3S/c1-26-20(24-22(28)19-8-5-13-30-19)14-18(25-26)21(27)23-15-9-11-17(12-10-15)29-16-6-3-2-4-7-16/h2-14H,1H3,(H,23,27)(H,24,28). The summed E-state index contributed by atoms with van der Waals surface area (Å²) in [5.74, 6) is 1.22. The molecular weight excluding hydrogens is 400 g/mol. The van der Waals surface area contributed by atoms with E-state index >= 15 is 0 Å². The number of rotatable bonds is 6. The Labute approximate surface area is 176 Å². The second-order valence-corrected chi connectivity index (χ2v) is 7.31. The third kappa shape index (κ3) is 4.56. The van der Waals surface area contributed by atoms with E-state index in [4.69, 9.17) is 4.74 Å². The lowest BCUT2D eigenvalue weighted by atomic mass is 10.3. The van der Waals surface area contributed by atoms with Crippen molar-refractivity contribution in [3.8, 4) is 11.5 Å².